The molecule has 0 unspecified atom stereocenters. The van der Waals surface area contributed by atoms with Crippen LogP contribution >= 0.6 is 22.7 Å². The number of benzene rings is 1. The van der Waals surface area contributed by atoms with Crippen LogP contribution in [0.25, 0.3) is 10.4 Å². The highest BCUT2D eigenvalue weighted by molar-refractivity contribution is 7.17. The predicted molar refractivity (Wildman–Crippen MR) is 109 cm³/mol. The highest BCUT2D eigenvalue weighted by Gasteiger charge is 2.18. The summed E-state index contributed by atoms with van der Waals surface area (Å²) in [6, 6.07) is 9.99. The summed E-state index contributed by atoms with van der Waals surface area (Å²) in [5.74, 6) is 0.0198. The molecule has 4 rings (SSSR count). The predicted octanol–water partition coefficient (Wildman–Crippen LogP) is 3.29. The number of thiazole rings is 1. The van der Waals surface area contributed by atoms with Gasteiger partial charge in [-0.2, -0.15) is 0 Å². The molecule has 1 fully saturated rings. The molecule has 3 aromatic rings. The van der Waals surface area contributed by atoms with Crippen LogP contribution in [0.4, 0.5) is 10.7 Å². The quantitative estimate of drug-likeness (QED) is 0.522. The van der Waals surface area contributed by atoms with E-state index in [0.717, 1.165) is 42.3 Å². The Morgan fingerprint density at radius 2 is 2.12 bits per heavy atom. The number of hydrogen-bond acceptors (Lipinski definition) is 7. The zero-order chi connectivity index (χ0) is 17.9. The molecule has 134 valence electrons. The van der Waals surface area contributed by atoms with Gasteiger partial charge in [-0.1, -0.05) is 23.5 Å². The second kappa shape index (κ2) is 7.57. The molecular formula is C19H20N4OS2. The summed E-state index contributed by atoms with van der Waals surface area (Å²) >= 11 is 3.15. The van der Waals surface area contributed by atoms with E-state index in [0.29, 0.717) is 10.7 Å². The average Bonchev–Trinajstić information content (AvgIpc) is 3.36. The highest BCUT2D eigenvalue weighted by atomic mass is 32.1. The summed E-state index contributed by atoms with van der Waals surface area (Å²) in [5, 5.41) is 7.00. The fraction of sp³-hybridized carbons (Fsp3) is 0.263. The van der Waals surface area contributed by atoms with E-state index >= 15 is 0 Å². The van der Waals surface area contributed by atoms with Crippen LogP contribution in [0.15, 0.2) is 41.9 Å². The average molecular weight is 385 g/mol. The lowest BCUT2D eigenvalue weighted by Gasteiger charge is -2.27. The van der Waals surface area contributed by atoms with E-state index < -0.39 is 0 Å². The first kappa shape index (κ1) is 17.2. The van der Waals surface area contributed by atoms with Gasteiger partial charge in [0.25, 0.3) is 0 Å². The Kier molecular flexibility index (Phi) is 5.01. The molecule has 0 spiro atoms. The third-order valence-corrected chi connectivity index (χ3v) is 6.48. The maximum atomic E-state index is 12.7. The number of aromatic nitrogens is 1. The minimum absolute atomic E-state index is 0.0198. The van der Waals surface area contributed by atoms with Crippen molar-refractivity contribution in [3.63, 3.8) is 0 Å². The number of rotatable bonds is 5. The van der Waals surface area contributed by atoms with Crippen molar-refractivity contribution in [2.75, 3.05) is 36.8 Å². The fourth-order valence-electron chi connectivity index (χ4n) is 3.03. The summed E-state index contributed by atoms with van der Waals surface area (Å²) < 4.78 is 0. The van der Waals surface area contributed by atoms with Gasteiger partial charge in [-0.15, -0.1) is 11.3 Å². The molecule has 0 atom stereocenters. The van der Waals surface area contributed by atoms with Crippen molar-refractivity contribution in [1.29, 1.82) is 0 Å². The van der Waals surface area contributed by atoms with Crippen molar-refractivity contribution < 1.29 is 4.79 Å². The lowest BCUT2D eigenvalue weighted by atomic mass is 10.0. The Morgan fingerprint density at radius 3 is 2.88 bits per heavy atom. The standard InChI is InChI=1S/C19H20N4OS2/c20-15-4-3-13(17-2-1-9-25-17)10-14(15)11-16(24)19-22-12-18(26-19)23-7-5-21-6-8-23/h1-4,9-10,12,21H,5-8,11,20H2. The number of Topliss-reactive ketones (excluding diaryl/α,β-unsaturated/α-hetero) is 1. The first-order valence-corrected chi connectivity index (χ1v) is 10.3. The normalized spacial score (nSPS) is 14.5. The third-order valence-electron chi connectivity index (χ3n) is 4.46. The van der Waals surface area contributed by atoms with Crippen LogP contribution < -0.4 is 16.0 Å². The summed E-state index contributed by atoms with van der Waals surface area (Å²) in [7, 11) is 0. The Labute approximate surface area is 160 Å². The lowest BCUT2D eigenvalue weighted by Crippen LogP contribution is -2.43. The second-order valence-corrected chi connectivity index (χ2v) is 8.19. The van der Waals surface area contributed by atoms with Crippen molar-refractivity contribution in [2.24, 2.45) is 0 Å². The van der Waals surface area contributed by atoms with Gasteiger partial charge in [0.2, 0.25) is 0 Å². The Bertz CT molecular complexity index is 898. The minimum atomic E-state index is 0.0198. The van der Waals surface area contributed by atoms with E-state index in [1.54, 1.807) is 11.3 Å². The second-order valence-electron chi connectivity index (χ2n) is 6.23. The molecule has 1 aromatic carbocycles. The molecule has 1 aliphatic rings. The molecule has 0 aliphatic carbocycles. The van der Waals surface area contributed by atoms with Crippen LogP contribution in [0, 0.1) is 0 Å². The van der Waals surface area contributed by atoms with Crippen LogP contribution in [-0.2, 0) is 6.42 Å². The molecule has 3 heterocycles. The number of nitrogens with one attached hydrogen (secondary N) is 1. The molecule has 3 N–H and O–H groups in total. The molecule has 0 amide bonds. The zero-order valence-corrected chi connectivity index (χ0v) is 15.9. The van der Waals surface area contributed by atoms with Crippen molar-refractivity contribution in [3.8, 4) is 10.4 Å². The van der Waals surface area contributed by atoms with Gasteiger partial charge in [0, 0.05) is 43.2 Å². The molecule has 26 heavy (non-hydrogen) atoms. The smallest absolute Gasteiger partial charge is 0.195 e. The molecule has 0 bridgehead atoms. The van der Waals surface area contributed by atoms with E-state index in [-0.39, 0.29) is 12.2 Å². The molecular weight excluding hydrogens is 364 g/mol. The topological polar surface area (TPSA) is 71.2 Å². The number of carbonyl (C=O) groups is 1. The molecule has 2 aromatic heterocycles. The first-order chi connectivity index (χ1) is 12.7. The van der Waals surface area contributed by atoms with Crippen molar-refractivity contribution in [1.82, 2.24) is 10.3 Å². The number of nitrogen functional groups attached to an aromatic ring is 1. The van der Waals surface area contributed by atoms with E-state index in [9.17, 15) is 4.79 Å². The number of thiophene rings is 1. The monoisotopic (exact) mass is 384 g/mol. The number of hydrogen-bond donors (Lipinski definition) is 2. The largest absolute Gasteiger partial charge is 0.398 e. The van der Waals surface area contributed by atoms with Gasteiger partial charge in [0.15, 0.2) is 10.8 Å². The maximum Gasteiger partial charge on any atom is 0.195 e. The SMILES string of the molecule is Nc1ccc(-c2cccs2)cc1CC(=O)c1ncc(N2CCNCC2)s1. The Balaban J connectivity index is 1.51. The summed E-state index contributed by atoms with van der Waals surface area (Å²) in [4.78, 5) is 20.5. The van der Waals surface area contributed by atoms with Crippen molar-refractivity contribution in [3.05, 3.63) is 52.5 Å². The van der Waals surface area contributed by atoms with Gasteiger partial charge < -0.3 is 16.0 Å². The lowest BCUT2D eigenvalue weighted by molar-refractivity contribution is 0.0993. The van der Waals surface area contributed by atoms with Crippen LogP contribution in [-0.4, -0.2) is 36.9 Å². The van der Waals surface area contributed by atoms with E-state index in [2.05, 4.69) is 21.3 Å². The molecule has 5 nitrogen and oxygen atoms in total. The molecule has 1 aliphatic heterocycles. The van der Waals surface area contributed by atoms with Gasteiger partial charge in [-0.05, 0) is 34.7 Å². The van der Waals surface area contributed by atoms with E-state index in [4.69, 9.17) is 5.73 Å². The first-order valence-electron chi connectivity index (χ1n) is 8.58. The molecule has 0 radical (unpaired) electrons. The van der Waals surface area contributed by atoms with Crippen molar-refractivity contribution >= 4 is 39.1 Å². The van der Waals surface area contributed by atoms with Gasteiger partial charge in [0.1, 0.15) is 5.00 Å². The van der Waals surface area contributed by atoms with Crippen LogP contribution in [0.5, 0.6) is 0 Å². The van der Waals surface area contributed by atoms with E-state index in [1.807, 2.05) is 35.8 Å². The summed E-state index contributed by atoms with van der Waals surface area (Å²) in [6.45, 7) is 3.83. The number of piperazine rings is 1. The van der Waals surface area contributed by atoms with Crippen molar-refractivity contribution in [2.45, 2.75) is 6.42 Å². The minimum Gasteiger partial charge on any atom is -0.398 e. The molecule has 0 saturated carbocycles. The number of nitrogens with zero attached hydrogens (tertiary/aromatic N) is 2. The number of carbonyl (C=O) groups excluding carboxylic acids is 1. The maximum absolute atomic E-state index is 12.7. The fourth-order valence-corrected chi connectivity index (χ4v) is 4.66. The number of ketones is 1. The summed E-state index contributed by atoms with van der Waals surface area (Å²) in [6.07, 6.45) is 2.09. The van der Waals surface area contributed by atoms with Crippen LogP contribution in [0.1, 0.15) is 15.4 Å². The van der Waals surface area contributed by atoms with Crippen LogP contribution in [0.2, 0.25) is 0 Å². The summed E-state index contributed by atoms with van der Waals surface area (Å²) in [5.41, 5.74) is 8.72. The van der Waals surface area contributed by atoms with E-state index in [1.165, 1.54) is 16.2 Å². The highest BCUT2D eigenvalue weighted by Crippen LogP contribution is 2.29. The molecule has 1 saturated heterocycles. The van der Waals surface area contributed by atoms with Gasteiger partial charge in [-0.3, -0.25) is 4.79 Å². The zero-order valence-electron chi connectivity index (χ0n) is 14.3. The molecule has 7 heteroatoms. The Morgan fingerprint density at radius 1 is 1.27 bits per heavy atom. The van der Waals surface area contributed by atoms with Gasteiger partial charge in [0.05, 0.1) is 6.20 Å². The van der Waals surface area contributed by atoms with Gasteiger partial charge >= 0.3 is 0 Å². The van der Waals surface area contributed by atoms with Crippen LogP contribution in [0.3, 0.4) is 0 Å². The Hall–Kier alpha value is -2.22. The van der Waals surface area contributed by atoms with Gasteiger partial charge in [-0.25, -0.2) is 4.98 Å². The number of nitrogens with two attached hydrogens (primary N) is 1. The number of anilines is 2. The third kappa shape index (κ3) is 3.65.